The molecule has 28 heavy (non-hydrogen) atoms. The summed E-state index contributed by atoms with van der Waals surface area (Å²) < 4.78 is 10.9. The first kappa shape index (κ1) is 19.3. The number of benzene rings is 1. The summed E-state index contributed by atoms with van der Waals surface area (Å²) in [5, 5.41) is 13.8. The Labute approximate surface area is 167 Å². The van der Waals surface area contributed by atoms with Gasteiger partial charge in [0.15, 0.2) is 6.61 Å². The van der Waals surface area contributed by atoms with Gasteiger partial charge in [-0.05, 0) is 63.0 Å². The minimum atomic E-state index is -0.395. The van der Waals surface area contributed by atoms with Gasteiger partial charge in [0.25, 0.3) is 5.91 Å². The summed E-state index contributed by atoms with van der Waals surface area (Å²) in [6.07, 6.45) is 3.31. The SMILES string of the molecule is Cc1c(C)c2cc(Cl)c(OCC(=O)NC3C[C@H]4CC(O)C[C@H]4C3)cc2oc1=O. The lowest BCUT2D eigenvalue weighted by Gasteiger charge is -2.15. The zero-order valence-electron chi connectivity index (χ0n) is 16.0. The Morgan fingerprint density at radius 1 is 1.21 bits per heavy atom. The Morgan fingerprint density at radius 2 is 1.89 bits per heavy atom. The number of amides is 1. The molecule has 2 aromatic rings. The number of hydrogen-bond donors (Lipinski definition) is 2. The van der Waals surface area contributed by atoms with E-state index in [2.05, 4.69) is 5.32 Å². The molecule has 150 valence electrons. The van der Waals surface area contributed by atoms with Gasteiger partial charge in [0.05, 0.1) is 11.1 Å². The first-order chi connectivity index (χ1) is 13.3. The summed E-state index contributed by atoms with van der Waals surface area (Å²) in [5.41, 5.74) is 1.35. The molecule has 2 fully saturated rings. The number of aliphatic hydroxyl groups is 1. The fourth-order valence-corrected chi connectivity index (χ4v) is 4.89. The third-order valence-electron chi connectivity index (χ3n) is 6.22. The Morgan fingerprint density at radius 3 is 2.57 bits per heavy atom. The van der Waals surface area contributed by atoms with E-state index >= 15 is 0 Å². The molecule has 2 aliphatic rings. The van der Waals surface area contributed by atoms with Crippen LogP contribution in [0.3, 0.4) is 0 Å². The van der Waals surface area contributed by atoms with Crippen LogP contribution in [-0.2, 0) is 4.79 Å². The van der Waals surface area contributed by atoms with Crippen LogP contribution in [0.5, 0.6) is 5.75 Å². The number of halogens is 1. The lowest BCUT2D eigenvalue weighted by Crippen LogP contribution is -2.37. The largest absolute Gasteiger partial charge is 0.482 e. The second-order valence-corrected chi connectivity index (χ2v) is 8.50. The summed E-state index contributed by atoms with van der Waals surface area (Å²) >= 11 is 6.30. The summed E-state index contributed by atoms with van der Waals surface area (Å²) in [6.45, 7) is 3.39. The number of carbonyl (C=O) groups is 1. The summed E-state index contributed by atoms with van der Waals surface area (Å²) in [6, 6.07) is 3.38. The molecule has 6 nitrogen and oxygen atoms in total. The van der Waals surface area contributed by atoms with E-state index < -0.39 is 5.63 Å². The predicted molar refractivity (Wildman–Crippen MR) is 106 cm³/mol. The van der Waals surface area contributed by atoms with E-state index in [1.807, 2.05) is 6.92 Å². The van der Waals surface area contributed by atoms with Crippen molar-refractivity contribution in [2.75, 3.05) is 6.61 Å². The van der Waals surface area contributed by atoms with E-state index in [1.54, 1.807) is 19.1 Å². The number of nitrogens with one attached hydrogen (secondary N) is 1. The highest BCUT2D eigenvalue weighted by molar-refractivity contribution is 6.32. The molecule has 4 rings (SSSR count). The molecule has 0 saturated heterocycles. The van der Waals surface area contributed by atoms with E-state index in [1.165, 1.54) is 0 Å². The molecule has 4 atom stereocenters. The molecular weight excluding hydrogens is 382 g/mol. The maximum absolute atomic E-state index is 12.3. The Balaban J connectivity index is 1.40. The van der Waals surface area contributed by atoms with Gasteiger partial charge >= 0.3 is 5.63 Å². The molecule has 2 saturated carbocycles. The normalized spacial score (nSPS) is 26.4. The minimum Gasteiger partial charge on any atom is -0.482 e. The molecule has 0 radical (unpaired) electrons. The zero-order chi connectivity index (χ0) is 20.0. The molecule has 2 aliphatic carbocycles. The van der Waals surface area contributed by atoms with Crippen LogP contribution in [0.1, 0.15) is 36.8 Å². The highest BCUT2D eigenvalue weighted by Crippen LogP contribution is 2.44. The topological polar surface area (TPSA) is 88.8 Å². The van der Waals surface area contributed by atoms with Crippen LogP contribution in [0.2, 0.25) is 5.02 Å². The predicted octanol–water partition coefficient (Wildman–Crippen LogP) is 3.11. The van der Waals surface area contributed by atoms with E-state index in [-0.39, 0.29) is 24.7 Å². The van der Waals surface area contributed by atoms with Gasteiger partial charge in [-0.15, -0.1) is 0 Å². The molecule has 0 aliphatic heterocycles. The average molecular weight is 406 g/mol. The summed E-state index contributed by atoms with van der Waals surface area (Å²) in [7, 11) is 0. The van der Waals surface area contributed by atoms with Gasteiger partial charge in [0, 0.05) is 23.1 Å². The molecule has 1 heterocycles. The molecule has 1 aromatic heterocycles. The van der Waals surface area contributed by atoms with Crippen molar-refractivity contribution < 1.29 is 19.1 Å². The van der Waals surface area contributed by atoms with E-state index in [0.29, 0.717) is 33.8 Å². The van der Waals surface area contributed by atoms with Crippen LogP contribution in [0.15, 0.2) is 21.3 Å². The van der Waals surface area contributed by atoms with Gasteiger partial charge in [0.1, 0.15) is 11.3 Å². The number of aliphatic hydroxyl groups excluding tert-OH is 1. The van der Waals surface area contributed by atoms with E-state index in [9.17, 15) is 14.7 Å². The van der Waals surface area contributed by atoms with Crippen molar-refractivity contribution in [2.24, 2.45) is 11.8 Å². The van der Waals surface area contributed by atoms with Crippen molar-refractivity contribution in [3.63, 3.8) is 0 Å². The van der Waals surface area contributed by atoms with Crippen molar-refractivity contribution >= 4 is 28.5 Å². The summed E-state index contributed by atoms with van der Waals surface area (Å²) in [4.78, 5) is 24.2. The van der Waals surface area contributed by atoms with Crippen molar-refractivity contribution in [1.29, 1.82) is 0 Å². The molecule has 0 spiro atoms. The number of ether oxygens (including phenoxy) is 1. The molecule has 1 aromatic carbocycles. The number of aryl methyl sites for hydroxylation is 1. The van der Waals surface area contributed by atoms with Crippen molar-refractivity contribution in [3.05, 3.63) is 38.7 Å². The second kappa shape index (κ2) is 7.41. The van der Waals surface area contributed by atoms with Crippen LogP contribution in [-0.4, -0.2) is 29.8 Å². The Bertz CT molecular complexity index is 971. The van der Waals surface area contributed by atoms with E-state index in [0.717, 1.165) is 36.6 Å². The molecular formula is C21H24ClNO5. The second-order valence-electron chi connectivity index (χ2n) is 8.09. The monoisotopic (exact) mass is 405 g/mol. The maximum Gasteiger partial charge on any atom is 0.339 e. The van der Waals surface area contributed by atoms with Gasteiger partial charge in [-0.3, -0.25) is 4.79 Å². The zero-order valence-corrected chi connectivity index (χ0v) is 16.7. The van der Waals surface area contributed by atoms with Crippen LogP contribution < -0.4 is 15.7 Å². The van der Waals surface area contributed by atoms with Crippen molar-refractivity contribution in [3.8, 4) is 5.75 Å². The molecule has 0 bridgehead atoms. The number of carbonyl (C=O) groups excluding carboxylic acids is 1. The highest BCUT2D eigenvalue weighted by Gasteiger charge is 2.41. The summed E-state index contributed by atoms with van der Waals surface area (Å²) in [5.74, 6) is 1.11. The highest BCUT2D eigenvalue weighted by atomic mass is 35.5. The molecule has 2 N–H and O–H groups in total. The van der Waals surface area contributed by atoms with Crippen LogP contribution in [0.4, 0.5) is 0 Å². The smallest absolute Gasteiger partial charge is 0.339 e. The van der Waals surface area contributed by atoms with Gasteiger partial charge in [0.2, 0.25) is 0 Å². The minimum absolute atomic E-state index is 0.134. The third-order valence-corrected chi connectivity index (χ3v) is 6.52. The standard InChI is InChI=1S/C21H24ClNO5/c1-10-11(2)21(26)28-18-8-19(17(22)7-16(10)18)27-9-20(25)23-14-3-12-5-15(24)6-13(12)4-14/h7-8,12-15,24H,3-6,9H2,1-2H3,(H,23,25)/t12-,13+,14?,15?. The number of rotatable bonds is 4. The molecule has 2 unspecified atom stereocenters. The first-order valence-electron chi connectivity index (χ1n) is 9.65. The third kappa shape index (κ3) is 3.63. The van der Waals surface area contributed by atoms with Gasteiger partial charge in [-0.1, -0.05) is 11.6 Å². The van der Waals surface area contributed by atoms with Gasteiger partial charge in [-0.25, -0.2) is 4.79 Å². The fourth-order valence-electron chi connectivity index (χ4n) is 4.67. The Kier molecular flexibility index (Phi) is 5.10. The Hall–Kier alpha value is -2.05. The van der Waals surface area contributed by atoms with Crippen LogP contribution in [0, 0.1) is 25.7 Å². The molecule has 7 heteroatoms. The average Bonchev–Trinajstić information content (AvgIpc) is 3.15. The lowest BCUT2D eigenvalue weighted by atomic mass is 10.0. The van der Waals surface area contributed by atoms with Crippen molar-refractivity contribution in [1.82, 2.24) is 5.32 Å². The quantitative estimate of drug-likeness (QED) is 0.763. The van der Waals surface area contributed by atoms with Crippen LogP contribution >= 0.6 is 11.6 Å². The van der Waals surface area contributed by atoms with Gasteiger partial charge < -0.3 is 19.6 Å². The van der Waals surface area contributed by atoms with E-state index in [4.69, 9.17) is 20.8 Å². The maximum atomic E-state index is 12.3. The fraction of sp³-hybridized carbons (Fsp3) is 0.524. The number of hydrogen-bond acceptors (Lipinski definition) is 5. The lowest BCUT2D eigenvalue weighted by molar-refractivity contribution is -0.123. The molecule has 1 amide bonds. The van der Waals surface area contributed by atoms with Gasteiger partial charge in [-0.2, -0.15) is 0 Å². The first-order valence-corrected chi connectivity index (χ1v) is 10.0. The van der Waals surface area contributed by atoms with Crippen molar-refractivity contribution in [2.45, 2.75) is 51.7 Å². The number of fused-ring (bicyclic) bond motifs is 2. The van der Waals surface area contributed by atoms with Crippen LogP contribution in [0.25, 0.3) is 11.0 Å².